The summed E-state index contributed by atoms with van der Waals surface area (Å²) in [5.41, 5.74) is -3.44. The number of carbonyl (C=O) groups is 1. The second-order valence-electron chi connectivity index (χ2n) is 5.07. The van der Waals surface area contributed by atoms with Crippen molar-refractivity contribution in [1.82, 2.24) is 0 Å². The highest BCUT2D eigenvalue weighted by Crippen LogP contribution is 2.59. The fraction of sp³-hybridized carbons (Fsp3) is 0.133. The van der Waals surface area contributed by atoms with Gasteiger partial charge in [-0.2, -0.15) is 13.2 Å². The summed E-state index contributed by atoms with van der Waals surface area (Å²) < 4.78 is 40.2. The number of nitrogens with zero attached hydrogens (tertiary/aromatic N) is 1. The zero-order valence-electron chi connectivity index (χ0n) is 10.9. The number of halogens is 3. The maximum absolute atomic E-state index is 13.4. The molecular formula is C15H8F3NO2S. The summed E-state index contributed by atoms with van der Waals surface area (Å²) in [5, 5.41) is 10.2. The number of anilines is 2. The van der Waals surface area contributed by atoms with Gasteiger partial charge in [-0.05, 0) is 18.2 Å². The number of hydrogen-bond acceptors (Lipinski definition) is 3. The monoisotopic (exact) mass is 323 g/mol. The highest BCUT2D eigenvalue weighted by atomic mass is 32.2. The van der Waals surface area contributed by atoms with Gasteiger partial charge < -0.3 is 5.11 Å². The maximum Gasteiger partial charge on any atom is 0.430 e. The zero-order chi connectivity index (χ0) is 15.7. The number of para-hydroxylation sites is 2. The van der Waals surface area contributed by atoms with E-state index in [0.717, 1.165) is 11.0 Å². The molecule has 0 aromatic heterocycles. The van der Waals surface area contributed by atoms with E-state index in [2.05, 4.69) is 0 Å². The van der Waals surface area contributed by atoms with Gasteiger partial charge in [0.2, 0.25) is 0 Å². The Morgan fingerprint density at radius 2 is 1.73 bits per heavy atom. The van der Waals surface area contributed by atoms with Crippen LogP contribution in [0, 0.1) is 0 Å². The van der Waals surface area contributed by atoms with Crippen LogP contribution in [-0.2, 0) is 10.4 Å². The Morgan fingerprint density at radius 1 is 1.05 bits per heavy atom. The summed E-state index contributed by atoms with van der Waals surface area (Å²) in [6.45, 7) is 0. The first-order valence-electron chi connectivity index (χ1n) is 6.40. The molecule has 2 aromatic rings. The number of benzene rings is 2. The third kappa shape index (κ3) is 1.45. The van der Waals surface area contributed by atoms with E-state index in [1.165, 1.54) is 17.8 Å². The van der Waals surface area contributed by atoms with Crippen molar-refractivity contribution in [3.05, 3.63) is 48.0 Å². The molecule has 0 aliphatic carbocycles. The largest absolute Gasteiger partial charge is 0.430 e. The molecule has 2 aromatic carbocycles. The fourth-order valence-electron chi connectivity index (χ4n) is 2.86. The minimum Gasteiger partial charge on any atom is -0.368 e. The molecule has 3 nitrogen and oxygen atoms in total. The van der Waals surface area contributed by atoms with E-state index in [1.54, 1.807) is 30.3 Å². The van der Waals surface area contributed by atoms with Crippen molar-refractivity contribution in [3.63, 3.8) is 0 Å². The van der Waals surface area contributed by atoms with Crippen molar-refractivity contribution in [2.24, 2.45) is 0 Å². The predicted octanol–water partition coefficient (Wildman–Crippen LogP) is 3.58. The van der Waals surface area contributed by atoms with Crippen molar-refractivity contribution < 1.29 is 23.1 Å². The molecule has 0 saturated heterocycles. The van der Waals surface area contributed by atoms with Gasteiger partial charge >= 0.3 is 6.18 Å². The Labute approximate surface area is 127 Å². The number of hydrogen-bond donors (Lipinski definition) is 1. The van der Waals surface area contributed by atoms with Crippen molar-refractivity contribution in [1.29, 1.82) is 0 Å². The molecule has 112 valence electrons. The van der Waals surface area contributed by atoms with Crippen LogP contribution < -0.4 is 4.90 Å². The average Bonchev–Trinajstić information content (AvgIpc) is 2.72. The summed E-state index contributed by atoms with van der Waals surface area (Å²) in [7, 11) is 0. The molecule has 0 radical (unpaired) electrons. The minimum absolute atomic E-state index is 0.121. The number of carbonyl (C=O) groups excluding carboxylic acids is 1. The van der Waals surface area contributed by atoms with E-state index < -0.39 is 23.2 Å². The Morgan fingerprint density at radius 3 is 2.45 bits per heavy atom. The van der Waals surface area contributed by atoms with Gasteiger partial charge in [-0.1, -0.05) is 36.0 Å². The van der Waals surface area contributed by atoms with Crippen LogP contribution in [0.25, 0.3) is 0 Å². The van der Waals surface area contributed by atoms with Crippen molar-refractivity contribution in [2.45, 2.75) is 21.6 Å². The summed E-state index contributed by atoms with van der Waals surface area (Å²) in [5.74, 6) is -1.38. The van der Waals surface area contributed by atoms with Crippen LogP contribution in [0.3, 0.4) is 0 Å². The fourth-order valence-corrected chi connectivity index (χ4v) is 3.95. The lowest BCUT2D eigenvalue weighted by Crippen LogP contribution is -2.49. The number of alkyl halides is 3. The number of aliphatic hydroxyl groups is 1. The van der Waals surface area contributed by atoms with E-state index in [-0.39, 0.29) is 5.69 Å². The smallest absolute Gasteiger partial charge is 0.368 e. The lowest BCUT2D eigenvalue weighted by molar-refractivity contribution is -0.253. The van der Waals surface area contributed by atoms with Gasteiger partial charge in [0.05, 0.1) is 11.4 Å². The lowest BCUT2D eigenvalue weighted by atomic mass is 9.95. The van der Waals surface area contributed by atoms with E-state index in [1.807, 2.05) is 0 Å². The van der Waals surface area contributed by atoms with Crippen LogP contribution in [0.1, 0.15) is 5.56 Å². The van der Waals surface area contributed by atoms with Crippen molar-refractivity contribution in [2.75, 3.05) is 4.90 Å². The first-order chi connectivity index (χ1) is 10.4. The second-order valence-corrected chi connectivity index (χ2v) is 6.15. The molecule has 1 amide bonds. The second kappa shape index (κ2) is 4.05. The average molecular weight is 323 g/mol. The standard InChI is InChI=1S/C15H8F3NO2S/c16-15(17,18)14(21)8-4-3-7-11-12(8)19(13(14)20)9-5-1-2-6-10(9)22-11/h1-7,21H/t14-/m1/s1. The molecule has 0 unspecified atom stereocenters. The van der Waals surface area contributed by atoms with Crippen molar-refractivity contribution >= 4 is 29.0 Å². The molecule has 2 heterocycles. The minimum atomic E-state index is -5.09. The summed E-state index contributed by atoms with van der Waals surface area (Å²) in [6, 6.07) is 10.9. The van der Waals surface area contributed by atoms with Crippen LogP contribution in [0.15, 0.2) is 52.3 Å². The SMILES string of the molecule is O=C1N2c3ccccc3Sc3cccc(c32)[C@]1(O)C(F)(F)F. The van der Waals surface area contributed by atoms with Gasteiger partial charge in [0.25, 0.3) is 11.5 Å². The highest BCUT2D eigenvalue weighted by Gasteiger charge is 2.67. The number of amides is 1. The third-order valence-electron chi connectivity index (χ3n) is 3.86. The molecule has 2 aliphatic heterocycles. The molecule has 2 aliphatic rings. The van der Waals surface area contributed by atoms with Crippen LogP contribution in [0.2, 0.25) is 0 Å². The van der Waals surface area contributed by atoms with Crippen LogP contribution in [0.5, 0.6) is 0 Å². The van der Waals surface area contributed by atoms with E-state index >= 15 is 0 Å². The molecule has 0 spiro atoms. The van der Waals surface area contributed by atoms with E-state index in [0.29, 0.717) is 15.5 Å². The van der Waals surface area contributed by atoms with Crippen molar-refractivity contribution in [3.8, 4) is 0 Å². The van der Waals surface area contributed by atoms with Gasteiger partial charge in [-0.3, -0.25) is 9.69 Å². The summed E-state index contributed by atoms with van der Waals surface area (Å²) in [6.07, 6.45) is -5.09. The normalized spacial score (nSPS) is 22.5. The number of rotatable bonds is 0. The first kappa shape index (κ1) is 13.7. The molecule has 7 heteroatoms. The maximum atomic E-state index is 13.4. The quantitative estimate of drug-likeness (QED) is 0.805. The molecule has 0 bridgehead atoms. The summed E-state index contributed by atoms with van der Waals surface area (Å²) in [4.78, 5) is 14.6. The van der Waals surface area contributed by atoms with Crippen LogP contribution >= 0.6 is 11.8 Å². The van der Waals surface area contributed by atoms with Gasteiger partial charge in [-0.15, -0.1) is 0 Å². The Kier molecular flexibility index (Phi) is 2.52. The molecular weight excluding hydrogens is 315 g/mol. The topological polar surface area (TPSA) is 40.5 Å². The van der Waals surface area contributed by atoms with Crippen LogP contribution in [0.4, 0.5) is 24.5 Å². The molecule has 22 heavy (non-hydrogen) atoms. The van der Waals surface area contributed by atoms with Gasteiger partial charge in [-0.25, -0.2) is 0 Å². The summed E-state index contributed by atoms with van der Waals surface area (Å²) >= 11 is 1.28. The highest BCUT2D eigenvalue weighted by molar-refractivity contribution is 7.99. The third-order valence-corrected chi connectivity index (χ3v) is 4.98. The number of fused-ring (bicyclic) bond motifs is 2. The zero-order valence-corrected chi connectivity index (χ0v) is 11.7. The van der Waals surface area contributed by atoms with E-state index in [4.69, 9.17) is 0 Å². The Hall–Kier alpha value is -1.99. The molecule has 1 atom stereocenters. The molecule has 0 fully saturated rings. The van der Waals surface area contributed by atoms with Gasteiger partial charge in [0.15, 0.2) is 0 Å². The predicted molar refractivity (Wildman–Crippen MR) is 74.1 cm³/mol. The van der Waals surface area contributed by atoms with Gasteiger partial charge in [0, 0.05) is 15.4 Å². The molecule has 4 rings (SSSR count). The van der Waals surface area contributed by atoms with Crippen LogP contribution in [-0.4, -0.2) is 17.2 Å². The van der Waals surface area contributed by atoms with E-state index in [9.17, 15) is 23.1 Å². The van der Waals surface area contributed by atoms with Gasteiger partial charge in [0.1, 0.15) is 0 Å². The Bertz CT molecular complexity index is 821. The molecule has 1 N–H and O–H groups in total. The molecule has 0 saturated carbocycles. The lowest BCUT2D eigenvalue weighted by Gasteiger charge is -2.28. The Balaban J connectivity index is 2.06. The first-order valence-corrected chi connectivity index (χ1v) is 7.21.